The fourth-order valence-corrected chi connectivity index (χ4v) is 3.15. The third-order valence-electron chi connectivity index (χ3n) is 4.90. The van der Waals surface area contributed by atoms with Crippen LogP contribution in [0.25, 0.3) is 0 Å². The van der Waals surface area contributed by atoms with Gasteiger partial charge >= 0.3 is 17.9 Å². The van der Waals surface area contributed by atoms with Gasteiger partial charge in [0, 0.05) is 6.42 Å². The molecule has 0 aliphatic rings. The quantitative estimate of drug-likeness (QED) is 0.177. The summed E-state index contributed by atoms with van der Waals surface area (Å²) in [4.78, 5) is 33.4. The SMILES string of the molecule is CCCCCCCCCCCCCCCCCC(=O)OC(=O)[C@@H](N)CC(=O)O. The molecule has 1 atom stereocenters. The summed E-state index contributed by atoms with van der Waals surface area (Å²) in [5.74, 6) is -2.78. The molecule has 0 aliphatic heterocycles. The van der Waals surface area contributed by atoms with E-state index in [-0.39, 0.29) is 6.42 Å². The third kappa shape index (κ3) is 18.0. The molecule has 3 N–H and O–H groups in total. The Kier molecular flexibility index (Phi) is 17.9. The van der Waals surface area contributed by atoms with Crippen LogP contribution in [0.3, 0.4) is 0 Å². The molecule has 0 rings (SSSR count). The number of aliphatic carboxylic acids is 1. The Hall–Kier alpha value is -1.43. The van der Waals surface area contributed by atoms with E-state index in [1.807, 2.05) is 0 Å². The lowest BCUT2D eigenvalue weighted by Crippen LogP contribution is -2.35. The number of esters is 2. The summed E-state index contributed by atoms with van der Waals surface area (Å²) in [7, 11) is 0. The highest BCUT2D eigenvalue weighted by atomic mass is 16.6. The molecule has 0 unspecified atom stereocenters. The van der Waals surface area contributed by atoms with Crippen molar-refractivity contribution < 1.29 is 24.2 Å². The summed E-state index contributed by atoms with van der Waals surface area (Å²) in [6.45, 7) is 2.25. The summed E-state index contributed by atoms with van der Waals surface area (Å²) in [5.41, 5.74) is 5.34. The molecule has 6 heteroatoms. The molecular formula is C22H41NO5. The summed E-state index contributed by atoms with van der Waals surface area (Å²) in [5, 5.41) is 8.55. The van der Waals surface area contributed by atoms with Gasteiger partial charge in [-0.1, -0.05) is 96.8 Å². The van der Waals surface area contributed by atoms with E-state index in [4.69, 9.17) is 10.8 Å². The number of unbranched alkanes of at least 4 members (excludes halogenated alkanes) is 14. The van der Waals surface area contributed by atoms with E-state index in [1.165, 1.54) is 77.0 Å². The van der Waals surface area contributed by atoms with Gasteiger partial charge in [-0.3, -0.25) is 9.59 Å². The highest BCUT2D eigenvalue weighted by Crippen LogP contribution is 2.13. The molecule has 0 aromatic carbocycles. The average Bonchev–Trinajstić information content (AvgIpc) is 2.64. The lowest BCUT2D eigenvalue weighted by molar-refractivity contribution is -0.162. The fraction of sp³-hybridized carbons (Fsp3) is 0.864. The van der Waals surface area contributed by atoms with Gasteiger partial charge in [-0.2, -0.15) is 0 Å². The maximum atomic E-state index is 11.5. The van der Waals surface area contributed by atoms with E-state index < -0.39 is 30.4 Å². The number of nitrogens with two attached hydrogens (primary N) is 1. The van der Waals surface area contributed by atoms with E-state index in [0.29, 0.717) is 6.42 Å². The van der Waals surface area contributed by atoms with Gasteiger partial charge in [0.25, 0.3) is 0 Å². The first-order valence-electron chi connectivity index (χ1n) is 11.2. The van der Waals surface area contributed by atoms with E-state index in [0.717, 1.165) is 12.8 Å². The van der Waals surface area contributed by atoms with Crippen LogP contribution in [0.15, 0.2) is 0 Å². The molecule has 0 saturated carbocycles. The van der Waals surface area contributed by atoms with E-state index >= 15 is 0 Å². The molecule has 0 bridgehead atoms. The predicted molar refractivity (Wildman–Crippen MR) is 111 cm³/mol. The first kappa shape index (κ1) is 26.6. The second kappa shape index (κ2) is 18.9. The van der Waals surface area contributed by atoms with Crippen LogP contribution in [0, 0.1) is 0 Å². The van der Waals surface area contributed by atoms with Gasteiger partial charge in [-0.25, -0.2) is 4.79 Å². The van der Waals surface area contributed by atoms with Gasteiger partial charge in [-0.15, -0.1) is 0 Å². The van der Waals surface area contributed by atoms with E-state index in [9.17, 15) is 14.4 Å². The van der Waals surface area contributed by atoms with Gasteiger partial charge in [0.1, 0.15) is 6.04 Å². The molecular weight excluding hydrogens is 358 g/mol. The molecule has 0 spiro atoms. The fourth-order valence-electron chi connectivity index (χ4n) is 3.15. The van der Waals surface area contributed by atoms with Gasteiger partial charge in [-0.05, 0) is 6.42 Å². The highest BCUT2D eigenvalue weighted by molar-refractivity contribution is 5.90. The van der Waals surface area contributed by atoms with Crippen LogP contribution >= 0.6 is 0 Å². The Morgan fingerprint density at radius 3 is 1.54 bits per heavy atom. The first-order valence-corrected chi connectivity index (χ1v) is 11.2. The zero-order valence-corrected chi connectivity index (χ0v) is 17.8. The van der Waals surface area contributed by atoms with Crippen LogP contribution in [0.4, 0.5) is 0 Å². The average molecular weight is 400 g/mol. The Bertz CT molecular complexity index is 425. The molecule has 0 amide bonds. The molecule has 28 heavy (non-hydrogen) atoms. The van der Waals surface area contributed by atoms with Gasteiger partial charge in [0.2, 0.25) is 0 Å². The largest absolute Gasteiger partial charge is 0.481 e. The predicted octanol–water partition coefficient (Wildman–Crippen LogP) is 5.12. The van der Waals surface area contributed by atoms with Gasteiger partial charge < -0.3 is 15.6 Å². The smallest absolute Gasteiger partial charge is 0.331 e. The lowest BCUT2D eigenvalue weighted by Gasteiger charge is -2.08. The van der Waals surface area contributed by atoms with Crippen molar-refractivity contribution in [1.82, 2.24) is 0 Å². The van der Waals surface area contributed by atoms with Crippen molar-refractivity contribution in [3.8, 4) is 0 Å². The molecule has 0 aromatic rings. The minimum atomic E-state index is -1.29. The summed E-state index contributed by atoms with van der Waals surface area (Å²) in [6.07, 6.45) is 18.3. The number of carbonyl (C=O) groups excluding carboxylic acids is 2. The Morgan fingerprint density at radius 2 is 1.14 bits per heavy atom. The van der Waals surface area contributed by atoms with Crippen LogP contribution < -0.4 is 5.73 Å². The maximum absolute atomic E-state index is 11.5. The van der Waals surface area contributed by atoms with Crippen LogP contribution in [0.5, 0.6) is 0 Å². The lowest BCUT2D eigenvalue weighted by atomic mass is 10.0. The number of hydrogen-bond donors (Lipinski definition) is 2. The molecule has 6 nitrogen and oxygen atoms in total. The van der Waals surface area contributed by atoms with Crippen molar-refractivity contribution in [2.75, 3.05) is 0 Å². The monoisotopic (exact) mass is 399 g/mol. The zero-order valence-electron chi connectivity index (χ0n) is 17.8. The molecule has 164 valence electrons. The molecule has 0 fully saturated rings. The van der Waals surface area contributed by atoms with Gasteiger partial charge in [0.05, 0.1) is 6.42 Å². The minimum absolute atomic E-state index is 0.170. The molecule has 0 aliphatic carbocycles. The van der Waals surface area contributed by atoms with Crippen molar-refractivity contribution in [3.05, 3.63) is 0 Å². The number of hydrogen-bond acceptors (Lipinski definition) is 5. The third-order valence-corrected chi connectivity index (χ3v) is 4.90. The number of carboxylic acids is 1. The minimum Gasteiger partial charge on any atom is -0.481 e. The Balaban J connectivity index is 3.35. The summed E-state index contributed by atoms with van der Waals surface area (Å²) >= 11 is 0. The number of carbonyl (C=O) groups is 3. The van der Waals surface area contributed by atoms with Crippen LogP contribution in [0.1, 0.15) is 116 Å². The first-order chi connectivity index (χ1) is 13.5. The Morgan fingerprint density at radius 1 is 0.750 bits per heavy atom. The van der Waals surface area contributed by atoms with Gasteiger partial charge in [0.15, 0.2) is 0 Å². The van der Waals surface area contributed by atoms with Crippen LogP contribution in [-0.4, -0.2) is 29.1 Å². The number of carboxylic acid groups (broad SMARTS) is 1. The van der Waals surface area contributed by atoms with Crippen molar-refractivity contribution in [2.45, 2.75) is 122 Å². The van der Waals surface area contributed by atoms with Crippen molar-refractivity contribution in [2.24, 2.45) is 5.73 Å². The topological polar surface area (TPSA) is 107 Å². The van der Waals surface area contributed by atoms with Crippen molar-refractivity contribution in [1.29, 1.82) is 0 Å². The summed E-state index contributed by atoms with van der Waals surface area (Å²) in [6, 6.07) is -1.29. The summed E-state index contributed by atoms with van der Waals surface area (Å²) < 4.78 is 4.57. The van der Waals surface area contributed by atoms with E-state index in [2.05, 4.69) is 11.7 Å². The van der Waals surface area contributed by atoms with Crippen molar-refractivity contribution in [3.63, 3.8) is 0 Å². The highest BCUT2D eigenvalue weighted by Gasteiger charge is 2.21. The second-order valence-electron chi connectivity index (χ2n) is 7.70. The molecule has 0 radical (unpaired) electrons. The molecule has 0 aromatic heterocycles. The standard InChI is InChI=1S/C22H41NO5/c1-2-3-4-5-6-7-8-9-10-11-12-13-14-15-16-17-21(26)28-22(27)19(23)18-20(24)25/h19H,2-18,23H2,1H3,(H,24,25)/t19-/m0/s1. The zero-order chi connectivity index (χ0) is 21.0. The molecule has 0 heterocycles. The number of rotatable bonds is 19. The van der Waals surface area contributed by atoms with Crippen LogP contribution in [-0.2, 0) is 19.1 Å². The van der Waals surface area contributed by atoms with E-state index in [1.54, 1.807) is 0 Å². The normalized spacial score (nSPS) is 11.9. The molecule has 0 saturated heterocycles. The second-order valence-corrected chi connectivity index (χ2v) is 7.70. The van der Waals surface area contributed by atoms with Crippen LogP contribution in [0.2, 0.25) is 0 Å². The maximum Gasteiger partial charge on any atom is 0.331 e. The number of ether oxygens (including phenoxy) is 1. The Labute approximate surface area is 170 Å². The van der Waals surface area contributed by atoms with Crippen molar-refractivity contribution >= 4 is 17.9 Å².